The van der Waals surface area contributed by atoms with Gasteiger partial charge < -0.3 is 4.57 Å². The van der Waals surface area contributed by atoms with Gasteiger partial charge in [-0.25, -0.2) is 10.4 Å². The first-order valence-electron chi connectivity index (χ1n) is 11.1. The van der Waals surface area contributed by atoms with Crippen molar-refractivity contribution in [3.63, 3.8) is 0 Å². The predicted molar refractivity (Wildman–Crippen MR) is 139 cm³/mol. The molecule has 0 unspecified atom stereocenters. The predicted octanol–water partition coefficient (Wildman–Crippen LogP) is 4.51. The van der Waals surface area contributed by atoms with E-state index in [9.17, 15) is 9.59 Å². The summed E-state index contributed by atoms with van der Waals surface area (Å²) in [4.78, 5) is 29.4. The zero-order valence-corrected chi connectivity index (χ0v) is 19.7. The van der Waals surface area contributed by atoms with Crippen molar-refractivity contribution in [1.82, 2.24) is 19.5 Å². The van der Waals surface area contributed by atoms with E-state index in [0.717, 1.165) is 27.6 Å². The highest BCUT2D eigenvalue weighted by molar-refractivity contribution is 6.30. The zero-order valence-electron chi connectivity index (χ0n) is 19.0. The maximum absolute atomic E-state index is 12.7. The molecule has 0 atom stereocenters. The Morgan fingerprint density at radius 3 is 2.69 bits per heavy atom. The molecule has 5 aromatic rings. The smallest absolute Gasteiger partial charge is 0.261 e. The molecule has 0 spiro atoms. The zero-order chi connectivity index (χ0) is 24.4. The minimum absolute atomic E-state index is 0.175. The van der Waals surface area contributed by atoms with Crippen LogP contribution in [-0.2, 0) is 17.9 Å². The summed E-state index contributed by atoms with van der Waals surface area (Å²) < 4.78 is 3.41. The molecule has 35 heavy (non-hydrogen) atoms. The topological polar surface area (TPSA) is 81.3 Å². The fourth-order valence-electron chi connectivity index (χ4n) is 4.04. The number of amides is 1. The number of rotatable bonds is 6. The van der Waals surface area contributed by atoms with Gasteiger partial charge in [-0.3, -0.25) is 14.2 Å². The molecule has 2 aromatic heterocycles. The molecule has 0 aliphatic rings. The molecule has 0 fully saturated rings. The molecule has 5 rings (SSSR count). The van der Waals surface area contributed by atoms with Gasteiger partial charge in [-0.05, 0) is 48.4 Å². The number of aryl methyl sites for hydroxylation is 1. The van der Waals surface area contributed by atoms with Crippen LogP contribution in [-0.4, -0.2) is 26.2 Å². The third-order valence-corrected chi connectivity index (χ3v) is 6.03. The molecule has 1 amide bonds. The SMILES string of the molecule is Cc1ccc2c(=O)n(CC(=O)N/N=C/c3cn(Cc4ccc(Cl)cc4)c4ccccc34)cnc2c1. The molecule has 0 bridgehead atoms. The fraction of sp³-hybridized carbons (Fsp3) is 0.111. The second kappa shape index (κ2) is 9.56. The van der Waals surface area contributed by atoms with E-state index in [1.807, 2.05) is 73.8 Å². The maximum Gasteiger partial charge on any atom is 0.261 e. The van der Waals surface area contributed by atoms with Crippen molar-refractivity contribution in [2.75, 3.05) is 0 Å². The van der Waals surface area contributed by atoms with Crippen molar-refractivity contribution < 1.29 is 4.79 Å². The van der Waals surface area contributed by atoms with Crippen molar-refractivity contribution >= 4 is 45.5 Å². The van der Waals surface area contributed by atoms with Crippen molar-refractivity contribution in [3.8, 4) is 0 Å². The number of hydrazone groups is 1. The number of nitrogens with one attached hydrogen (secondary N) is 1. The van der Waals surface area contributed by atoms with Crippen LogP contribution in [0.25, 0.3) is 21.8 Å². The van der Waals surface area contributed by atoms with E-state index in [4.69, 9.17) is 11.6 Å². The molecular weight excluding hydrogens is 462 g/mol. The maximum atomic E-state index is 12.7. The summed E-state index contributed by atoms with van der Waals surface area (Å²) >= 11 is 6.01. The van der Waals surface area contributed by atoms with Crippen molar-refractivity contribution in [1.29, 1.82) is 0 Å². The van der Waals surface area contributed by atoms with Gasteiger partial charge in [0.15, 0.2) is 0 Å². The molecule has 3 aromatic carbocycles. The van der Waals surface area contributed by atoms with Crippen molar-refractivity contribution in [2.24, 2.45) is 5.10 Å². The first-order chi connectivity index (χ1) is 17.0. The standard InChI is InChI=1S/C27H22ClN5O2/c1-18-6-11-23-24(12-18)29-17-33(27(23)35)16-26(34)31-30-13-20-15-32(25-5-3-2-4-22(20)25)14-19-7-9-21(28)10-8-19/h2-13,15,17H,14,16H2,1H3,(H,31,34)/b30-13+. The Morgan fingerprint density at radius 2 is 1.86 bits per heavy atom. The summed E-state index contributed by atoms with van der Waals surface area (Å²) in [5.74, 6) is -0.415. The highest BCUT2D eigenvalue weighted by Crippen LogP contribution is 2.22. The van der Waals surface area contributed by atoms with E-state index in [-0.39, 0.29) is 12.1 Å². The molecule has 174 valence electrons. The van der Waals surface area contributed by atoms with E-state index in [0.29, 0.717) is 22.5 Å². The number of halogens is 1. The molecule has 2 heterocycles. The van der Waals surface area contributed by atoms with E-state index < -0.39 is 5.91 Å². The van der Waals surface area contributed by atoms with Crippen molar-refractivity contribution in [3.05, 3.63) is 111 Å². The van der Waals surface area contributed by atoms with Crippen LogP contribution in [0.15, 0.2) is 89.2 Å². The Labute approximate surface area is 206 Å². The third-order valence-electron chi connectivity index (χ3n) is 5.77. The molecule has 0 saturated heterocycles. The Morgan fingerprint density at radius 1 is 1.06 bits per heavy atom. The second-order valence-electron chi connectivity index (χ2n) is 8.35. The molecular formula is C27H22ClN5O2. The van der Waals surface area contributed by atoms with Crippen LogP contribution in [0.2, 0.25) is 5.02 Å². The van der Waals surface area contributed by atoms with Crippen LogP contribution in [0.4, 0.5) is 0 Å². The average Bonchev–Trinajstić information content (AvgIpc) is 3.19. The highest BCUT2D eigenvalue weighted by Gasteiger charge is 2.09. The molecule has 0 aliphatic carbocycles. The summed E-state index contributed by atoms with van der Waals surface area (Å²) in [7, 11) is 0. The van der Waals surface area contributed by atoms with Gasteiger partial charge >= 0.3 is 0 Å². The second-order valence-corrected chi connectivity index (χ2v) is 8.78. The Balaban J connectivity index is 1.32. The van der Waals surface area contributed by atoms with Crippen LogP contribution in [0.5, 0.6) is 0 Å². The summed E-state index contributed by atoms with van der Waals surface area (Å²) in [5, 5.41) is 6.33. The molecule has 7 nitrogen and oxygen atoms in total. The minimum Gasteiger partial charge on any atom is -0.342 e. The Bertz CT molecular complexity index is 1630. The number of aromatic nitrogens is 3. The van der Waals surface area contributed by atoms with E-state index >= 15 is 0 Å². The van der Waals surface area contributed by atoms with E-state index in [2.05, 4.69) is 20.1 Å². The van der Waals surface area contributed by atoms with E-state index in [1.54, 1.807) is 12.3 Å². The Hall–Kier alpha value is -4.23. The summed E-state index contributed by atoms with van der Waals surface area (Å²) in [6.45, 7) is 2.44. The number of nitrogens with zero attached hydrogens (tertiary/aromatic N) is 4. The van der Waals surface area contributed by atoms with Crippen LogP contribution in [0, 0.1) is 6.92 Å². The van der Waals surface area contributed by atoms with Crippen LogP contribution < -0.4 is 11.0 Å². The lowest BCUT2D eigenvalue weighted by atomic mass is 10.2. The van der Waals surface area contributed by atoms with Gasteiger partial charge in [0.25, 0.3) is 11.5 Å². The van der Waals surface area contributed by atoms with Crippen LogP contribution >= 0.6 is 11.6 Å². The monoisotopic (exact) mass is 483 g/mol. The largest absolute Gasteiger partial charge is 0.342 e. The van der Waals surface area contributed by atoms with Gasteiger partial charge in [0.05, 0.1) is 23.4 Å². The summed E-state index contributed by atoms with van der Waals surface area (Å²) in [6.07, 6.45) is 5.00. The first kappa shape index (κ1) is 22.6. The van der Waals surface area contributed by atoms with Crippen molar-refractivity contribution in [2.45, 2.75) is 20.0 Å². The lowest BCUT2D eigenvalue weighted by Crippen LogP contribution is -2.30. The molecule has 0 aliphatic heterocycles. The normalized spacial score (nSPS) is 11.5. The third kappa shape index (κ3) is 4.85. The fourth-order valence-corrected chi connectivity index (χ4v) is 4.17. The highest BCUT2D eigenvalue weighted by atomic mass is 35.5. The number of hydrogen-bond donors (Lipinski definition) is 1. The van der Waals surface area contributed by atoms with Crippen LogP contribution in [0.1, 0.15) is 16.7 Å². The first-order valence-corrected chi connectivity index (χ1v) is 11.5. The number of hydrogen-bond acceptors (Lipinski definition) is 4. The van der Waals surface area contributed by atoms with Gasteiger partial charge in [0.1, 0.15) is 6.54 Å². The van der Waals surface area contributed by atoms with Gasteiger partial charge in [0, 0.05) is 34.2 Å². The van der Waals surface area contributed by atoms with Crippen LogP contribution in [0.3, 0.4) is 0 Å². The molecule has 0 saturated carbocycles. The molecule has 8 heteroatoms. The summed E-state index contributed by atoms with van der Waals surface area (Å²) in [6, 6.07) is 21.2. The van der Waals surface area contributed by atoms with Gasteiger partial charge in [-0.1, -0.05) is 48.0 Å². The number of benzene rings is 3. The average molecular weight is 484 g/mol. The lowest BCUT2D eigenvalue weighted by molar-refractivity contribution is -0.121. The summed E-state index contributed by atoms with van der Waals surface area (Å²) in [5.41, 5.74) is 6.92. The van der Waals surface area contributed by atoms with Gasteiger partial charge in [-0.15, -0.1) is 0 Å². The number of carbonyl (C=O) groups excluding carboxylic acids is 1. The quantitative estimate of drug-likeness (QED) is 0.285. The molecule has 0 radical (unpaired) electrons. The molecule has 1 N–H and O–H groups in total. The minimum atomic E-state index is -0.415. The van der Waals surface area contributed by atoms with Gasteiger partial charge in [0.2, 0.25) is 0 Å². The van der Waals surface area contributed by atoms with Gasteiger partial charge in [-0.2, -0.15) is 5.10 Å². The number of para-hydroxylation sites is 1. The lowest BCUT2D eigenvalue weighted by Gasteiger charge is -2.06. The van der Waals surface area contributed by atoms with E-state index in [1.165, 1.54) is 10.9 Å². The number of fused-ring (bicyclic) bond motifs is 2. The Kier molecular flexibility index (Phi) is 6.16. The number of carbonyl (C=O) groups is 1.